The number of imidazole rings is 1. The summed E-state index contributed by atoms with van der Waals surface area (Å²) < 4.78 is 37.1. The molecule has 0 spiro atoms. The van der Waals surface area contributed by atoms with Gasteiger partial charge in [0.1, 0.15) is 29.5 Å². The van der Waals surface area contributed by atoms with E-state index in [1.807, 2.05) is 0 Å². The molecule has 3 heterocycles. The Morgan fingerprint density at radius 1 is 1.25 bits per heavy atom. The van der Waals surface area contributed by atoms with Crippen LogP contribution in [0.25, 0.3) is 11.2 Å². The maximum Gasteiger partial charge on any atom is 1.00 e. The predicted molar refractivity (Wildman–Crippen MR) is 87.5 cm³/mol. The van der Waals surface area contributed by atoms with Crippen molar-refractivity contribution in [3.8, 4) is 0 Å². The van der Waals surface area contributed by atoms with E-state index in [1.54, 1.807) is 0 Å². The molecule has 2 aromatic heterocycles. The predicted octanol–water partition coefficient (Wildman–Crippen LogP) is -3.66. The molecule has 0 bridgehead atoms. The third-order valence-electron chi connectivity index (χ3n) is 3.60. The van der Waals surface area contributed by atoms with E-state index < -0.39 is 46.8 Å². The van der Waals surface area contributed by atoms with Crippen LogP contribution in [0.15, 0.2) is 12.7 Å². The van der Waals surface area contributed by atoms with Gasteiger partial charge in [-0.1, -0.05) is 12.2 Å². The van der Waals surface area contributed by atoms with Crippen LogP contribution in [0.5, 0.6) is 0 Å². The Morgan fingerprint density at radius 2 is 1.93 bits per heavy atom. The number of nitrogens with one attached hydrogen (secondary N) is 1. The molecule has 1 fully saturated rings. The van der Waals surface area contributed by atoms with Crippen LogP contribution in [0.1, 0.15) is 6.23 Å². The van der Waals surface area contributed by atoms with E-state index >= 15 is 0 Å². The van der Waals surface area contributed by atoms with Gasteiger partial charge in [-0.3, -0.25) is 9.09 Å². The first-order chi connectivity index (χ1) is 12.5. The fourth-order valence-electron chi connectivity index (χ4n) is 2.49. The third kappa shape index (κ3) is 5.16. The van der Waals surface area contributed by atoms with E-state index in [0.717, 1.165) is 0 Å². The molecule has 0 aromatic carbocycles. The Labute approximate surface area is 173 Å². The van der Waals surface area contributed by atoms with Crippen LogP contribution in [-0.4, -0.2) is 69.3 Å². The van der Waals surface area contributed by atoms with Crippen LogP contribution < -0.4 is 18.9 Å². The van der Waals surface area contributed by atoms with Gasteiger partial charge in [0.15, 0.2) is 10.9 Å². The van der Waals surface area contributed by atoms with Crippen LogP contribution in [0.4, 0.5) is 0 Å². The molecule has 1 aliphatic rings. The van der Waals surface area contributed by atoms with E-state index in [4.69, 9.17) is 26.7 Å². The molecule has 1 saturated heterocycles. The fraction of sp³-hybridized carbons (Fsp3) is 0.500. The van der Waals surface area contributed by atoms with Crippen molar-refractivity contribution in [2.45, 2.75) is 24.5 Å². The van der Waals surface area contributed by atoms with E-state index in [9.17, 15) is 24.2 Å². The number of phosphoric ester groups is 1. The van der Waals surface area contributed by atoms with Crippen molar-refractivity contribution in [1.29, 1.82) is 0 Å². The number of nitrogens with zero attached hydrogens (tertiary/aromatic N) is 3. The van der Waals surface area contributed by atoms with Crippen molar-refractivity contribution >= 4 is 39.0 Å². The Morgan fingerprint density at radius 3 is 2.57 bits per heavy atom. The Hall–Kier alpha value is -0.493. The molecular formula is C10H14LiN4O10P2S+. The molecule has 1 aliphatic heterocycles. The molecule has 0 radical (unpaired) electrons. The van der Waals surface area contributed by atoms with Crippen LogP contribution in [-0.2, 0) is 22.7 Å². The van der Waals surface area contributed by atoms with Crippen molar-refractivity contribution in [3.63, 3.8) is 0 Å². The number of H-pyrrole nitrogens is 1. The summed E-state index contributed by atoms with van der Waals surface area (Å²) in [6.45, 7) is -0.799. The SMILES string of the molecule is O=P(O)(O)OP(=O)(O)OCC1OC(n2cnc3c(=S)nc[nH]c32)C(O)C1O.[Li+]. The molecule has 0 aliphatic carbocycles. The normalized spacial score (nSPS) is 27.5. The molecule has 3 rings (SSSR count). The number of ether oxygens (including phenoxy) is 1. The maximum atomic E-state index is 11.5. The first-order valence-corrected chi connectivity index (χ1v) is 10.6. The topological polar surface area (TPSA) is 209 Å². The van der Waals surface area contributed by atoms with E-state index in [2.05, 4.69) is 23.8 Å². The van der Waals surface area contributed by atoms with E-state index in [-0.39, 0.29) is 23.5 Å². The zero-order valence-electron chi connectivity index (χ0n) is 14.1. The zero-order valence-corrected chi connectivity index (χ0v) is 16.7. The molecule has 0 amide bonds. The van der Waals surface area contributed by atoms with Gasteiger partial charge in [0.05, 0.1) is 19.3 Å². The number of aliphatic hydroxyl groups excluding tert-OH is 2. The summed E-state index contributed by atoms with van der Waals surface area (Å²) in [5.74, 6) is 0. The second-order valence-corrected chi connectivity index (χ2v) is 8.66. The van der Waals surface area contributed by atoms with Gasteiger partial charge in [-0.15, -0.1) is 0 Å². The van der Waals surface area contributed by atoms with Crippen molar-refractivity contribution in [3.05, 3.63) is 17.3 Å². The van der Waals surface area contributed by atoms with Gasteiger partial charge in [-0.05, 0) is 0 Å². The molecule has 5 unspecified atom stereocenters. The summed E-state index contributed by atoms with van der Waals surface area (Å²) in [5.41, 5.74) is 0.679. The Balaban J connectivity index is 0.00000280. The molecule has 150 valence electrons. The number of hydrogen-bond donors (Lipinski definition) is 6. The van der Waals surface area contributed by atoms with Gasteiger partial charge in [0.25, 0.3) is 0 Å². The van der Waals surface area contributed by atoms with Crippen molar-refractivity contribution < 1.29 is 66.5 Å². The largest absolute Gasteiger partial charge is 1.00 e. The summed E-state index contributed by atoms with van der Waals surface area (Å²) in [5, 5.41) is 20.3. The number of aliphatic hydroxyl groups is 2. The summed E-state index contributed by atoms with van der Waals surface area (Å²) in [7, 11) is -10.4. The van der Waals surface area contributed by atoms with Crippen LogP contribution in [0.2, 0.25) is 0 Å². The van der Waals surface area contributed by atoms with Crippen molar-refractivity contribution in [1.82, 2.24) is 19.5 Å². The van der Waals surface area contributed by atoms with E-state index in [1.165, 1.54) is 17.2 Å². The maximum absolute atomic E-state index is 11.5. The summed E-state index contributed by atoms with van der Waals surface area (Å²) in [6.07, 6.45) is -2.90. The van der Waals surface area contributed by atoms with Gasteiger partial charge in [0.2, 0.25) is 0 Å². The standard InChI is InChI=1S/C10H14N4O10P2S.Li/c15-6-4(1-22-26(20,21)24-25(17,18)19)23-10(7(6)16)14-3-13-5-8(14)11-2-12-9(5)27;/h2-4,6-7,10,15-16H,1H2,(H,20,21)(H,11,12,27)(H2,17,18,19);/q;+1. The number of aromatic nitrogens is 4. The number of phosphoric acid groups is 2. The molecule has 0 saturated carbocycles. The fourth-order valence-corrected chi connectivity index (χ4v) is 4.29. The Kier molecular flexibility index (Phi) is 7.40. The molecule has 28 heavy (non-hydrogen) atoms. The minimum Gasteiger partial charge on any atom is -0.387 e. The first kappa shape index (κ1) is 23.8. The summed E-state index contributed by atoms with van der Waals surface area (Å²) >= 11 is 5.03. The van der Waals surface area contributed by atoms with Gasteiger partial charge in [-0.25, -0.2) is 19.1 Å². The monoisotopic (exact) mass is 451 g/mol. The smallest absolute Gasteiger partial charge is 0.387 e. The van der Waals surface area contributed by atoms with Crippen molar-refractivity contribution in [2.24, 2.45) is 0 Å². The van der Waals surface area contributed by atoms with Gasteiger partial charge >= 0.3 is 34.5 Å². The number of rotatable bonds is 6. The van der Waals surface area contributed by atoms with Crippen molar-refractivity contribution in [2.75, 3.05) is 6.61 Å². The summed E-state index contributed by atoms with van der Waals surface area (Å²) in [4.78, 5) is 37.1. The number of hydrogen-bond acceptors (Lipinski definition) is 10. The van der Waals surface area contributed by atoms with Crippen LogP contribution in [0, 0.1) is 4.64 Å². The Bertz CT molecular complexity index is 996. The van der Waals surface area contributed by atoms with Crippen LogP contribution >= 0.6 is 27.9 Å². The van der Waals surface area contributed by atoms with Gasteiger partial charge in [0, 0.05) is 0 Å². The minimum absolute atomic E-state index is 0. The van der Waals surface area contributed by atoms with Gasteiger partial charge in [-0.2, -0.15) is 4.31 Å². The molecule has 14 nitrogen and oxygen atoms in total. The van der Waals surface area contributed by atoms with Gasteiger partial charge < -0.3 is 34.6 Å². The molecule has 6 N–H and O–H groups in total. The average Bonchev–Trinajstić information content (AvgIpc) is 3.07. The average molecular weight is 451 g/mol. The molecule has 18 heteroatoms. The zero-order chi connectivity index (χ0) is 20.0. The first-order valence-electron chi connectivity index (χ1n) is 7.14. The second-order valence-electron chi connectivity index (χ2n) is 5.44. The molecular weight excluding hydrogens is 437 g/mol. The van der Waals surface area contributed by atoms with E-state index in [0.29, 0.717) is 11.2 Å². The quantitative estimate of drug-likeness (QED) is 0.142. The summed E-state index contributed by atoms with van der Waals surface area (Å²) in [6, 6.07) is 0. The third-order valence-corrected chi connectivity index (χ3v) is 6.05. The minimum atomic E-state index is -5.28. The second kappa shape index (κ2) is 8.71. The van der Waals surface area contributed by atoms with Crippen LogP contribution in [0.3, 0.4) is 0 Å². The molecule has 5 atom stereocenters. The number of aromatic amines is 1. The number of fused-ring (bicyclic) bond motifs is 1. The molecule has 2 aromatic rings.